The zero-order chi connectivity index (χ0) is 13.9. The fourth-order valence-corrected chi connectivity index (χ4v) is 2.47. The van der Waals surface area contributed by atoms with E-state index >= 15 is 0 Å². The van der Waals surface area contributed by atoms with E-state index in [1.807, 2.05) is 6.07 Å². The van der Waals surface area contributed by atoms with E-state index in [9.17, 15) is 0 Å². The number of ether oxygens (including phenoxy) is 1. The smallest absolute Gasteiger partial charge is 0.224 e. The first-order chi connectivity index (χ1) is 9.07. The Morgan fingerprint density at radius 3 is 2.89 bits per heavy atom. The summed E-state index contributed by atoms with van der Waals surface area (Å²) in [4.78, 5) is 8.68. The van der Waals surface area contributed by atoms with E-state index in [0.29, 0.717) is 18.1 Å². The molecule has 0 bridgehead atoms. The standard InChI is InChI=1S/C14H24N4O/c1-5-7-15-13-16-8-6-12(18-13)17-10-9-11(19-4)14(10,2)3/h6,8,10-11H,5,7,9H2,1-4H3,(H2,15,16,17,18). The summed E-state index contributed by atoms with van der Waals surface area (Å²) in [6.07, 6.45) is 4.19. The highest BCUT2D eigenvalue weighted by atomic mass is 16.5. The molecule has 2 unspecified atom stereocenters. The van der Waals surface area contributed by atoms with E-state index in [0.717, 1.165) is 25.2 Å². The van der Waals surface area contributed by atoms with Gasteiger partial charge in [0.1, 0.15) is 5.82 Å². The number of nitrogens with one attached hydrogen (secondary N) is 2. The summed E-state index contributed by atoms with van der Waals surface area (Å²) < 4.78 is 5.46. The van der Waals surface area contributed by atoms with Crippen LogP contribution < -0.4 is 10.6 Å². The third-order valence-electron chi connectivity index (χ3n) is 3.97. The summed E-state index contributed by atoms with van der Waals surface area (Å²) in [5.41, 5.74) is 0.136. The van der Waals surface area contributed by atoms with Crippen molar-refractivity contribution in [3.05, 3.63) is 12.3 Å². The first kappa shape index (κ1) is 14.1. The Bertz CT molecular complexity index is 422. The lowest BCUT2D eigenvalue weighted by atomic mass is 9.64. The van der Waals surface area contributed by atoms with Crippen molar-refractivity contribution in [2.24, 2.45) is 5.41 Å². The van der Waals surface area contributed by atoms with Gasteiger partial charge in [0.25, 0.3) is 0 Å². The number of aromatic nitrogens is 2. The maximum absolute atomic E-state index is 5.46. The highest BCUT2D eigenvalue weighted by Crippen LogP contribution is 2.43. The third kappa shape index (κ3) is 2.97. The molecule has 0 radical (unpaired) electrons. The third-order valence-corrected chi connectivity index (χ3v) is 3.97. The fraction of sp³-hybridized carbons (Fsp3) is 0.714. The number of anilines is 2. The molecule has 5 heteroatoms. The topological polar surface area (TPSA) is 59.1 Å². The van der Waals surface area contributed by atoms with Crippen molar-refractivity contribution in [3.63, 3.8) is 0 Å². The molecule has 2 rings (SSSR count). The Labute approximate surface area is 115 Å². The van der Waals surface area contributed by atoms with Crippen LogP contribution >= 0.6 is 0 Å². The minimum Gasteiger partial charge on any atom is -0.381 e. The van der Waals surface area contributed by atoms with Crippen molar-refractivity contribution in [2.75, 3.05) is 24.3 Å². The Hall–Kier alpha value is -1.36. The molecule has 0 spiro atoms. The van der Waals surface area contributed by atoms with Gasteiger partial charge in [0, 0.05) is 31.3 Å². The van der Waals surface area contributed by atoms with Crippen LogP contribution in [-0.4, -0.2) is 35.8 Å². The van der Waals surface area contributed by atoms with Gasteiger partial charge in [-0.05, 0) is 18.9 Å². The molecule has 0 aromatic carbocycles. The van der Waals surface area contributed by atoms with Crippen LogP contribution in [0.5, 0.6) is 0 Å². The molecule has 1 heterocycles. The van der Waals surface area contributed by atoms with Crippen LogP contribution in [0, 0.1) is 5.41 Å². The largest absolute Gasteiger partial charge is 0.381 e. The lowest BCUT2D eigenvalue weighted by Crippen LogP contribution is -2.57. The van der Waals surface area contributed by atoms with Crippen LogP contribution in [-0.2, 0) is 4.74 Å². The summed E-state index contributed by atoms with van der Waals surface area (Å²) in [7, 11) is 1.78. The molecule has 1 aromatic rings. The molecule has 2 atom stereocenters. The monoisotopic (exact) mass is 264 g/mol. The van der Waals surface area contributed by atoms with Gasteiger partial charge in [-0.2, -0.15) is 4.98 Å². The van der Waals surface area contributed by atoms with E-state index in [4.69, 9.17) is 4.74 Å². The second-order valence-electron chi connectivity index (χ2n) is 5.67. The minimum atomic E-state index is 0.136. The van der Waals surface area contributed by atoms with Crippen molar-refractivity contribution < 1.29 is 4.74 Å². The quantitative estimate of drug-likeness (QED) is 0.827. The van der Waals surface area contributed by atoms with Crippen molar-refractivity contribution in [1.29, 1.82) is 0 Å². The van der Waals surface area contributed by atoms with Gasteiger partial charge in [0.15, 0.2) is 0 Å². The average molecular weight is 264 g/mol. The minimum absolute atomic E-state index is 0.136. The second kappa shape index (κ2) is 5.74. The van der Waals surface area contributed by atoms with Crippen molar-refractivity contribution >= 4 is 11.8 Å². The van der Waals surface area contributed by atoms with Gasteiger partial charge in [-0.1, -0.05) is 20.8 Å². The number of rotatable bonds is 6. The molecule has 5 nitrogen and oxygen atoms in total. The van der Waals surface area contributed by atoms with E-state index in [1.165, 1.54) is 0 Å². The molecule has 2 N–H and O–H groups in total. The Morgan fingerprint density at radius 1 is 1.47 bits per heavy atom. The van der Waals surface area contributed by atoms with Gasteiger partial charge < -0.3 is 15.4 Å². The Balaban J connectivity index is 1.96. The van der Waals surface area contributed by atoms with Crippen LogP contribution in [0.25, 0.3) is 0 Å². The van der Waals surface area contributed by atoms with Gasteiger partial charge in [0.05, 0.1) is 6.10 Å². The number of nitrogens with zero attached hydrogens (tertiary/aromatic N) is 2. The van der Waals surface area contributed by atoms with Gasteiger partial charge in [-0.15, -0.1) is 0 Å². The number of hydrogen-bond donors (Lipinski definition) is 2. The first-order valence-corrected chi connectivity index (χ1v) is 6.94. The molecule has 0 saturated heterocycles. The summed E-state index contributed by atoms with van der Waals surface area (Å²) in [5, 5.41) is 6.68. The van der Waals surface area contributed by atoms with Gasteiger partial charge in [-0.3, -0.25) is 0 Å². The second-order valence-corrected chi connectivity index (χ2v) is 5.67. The van der Waals surface area contributed by atoms with E-state index in [2.05, 4.69) is 41.4 Å². The molecular weight excluding hydrogens is 240 g/mol. The van der Waals surface area contributed by atoms with Gasteiger partial charge >= 0.3 is 0 Å². The van der Waals surface area contributed by atoms with Gasteiger partial charge in [0.2, 0.25) is 5.95 Å². The lowest BCUT2D eigenvalue weighted by Gasteiger charge is -2.51. The predicted molar refractivity (Wildman–Crippen MR) is 77.4 cm³/mol. The maximum atomic E-state index is 5.46. The highest BCUT2D eigenvalue weighted by molar-refractivity contribution is 5.41. The maximum Gasteiger partial charge on any atom is 0.224 e. The predicted octanol–water partition coefficient (Wildman–Crippen LogP) is 2.52. The van der Waals surface area contributed by atoms with Crippen molar-refractivity contribution in [1.82, 2.24) is 9.97 Å². The normalized spacial score (nSPS) is 24.6. The molecule has 0 amide bonds. The molecular formula is C14H24N4O. The van der Waals surface area contributed by atoms with Crippen LogP contribution in [0.4, 0.5) is 11.8 Å². The molecule has 0 aliphatic heterocycles. The summed E-state index contributed by atoms with van der Waals surface area (Å²) in [5.74, 6) is 1.56. The summed E-state index contributed by atoms with van der Waals surface area (Å²) in [6.45, 7) is 7.46. The molecule has 19 heavy (non-hydrogen) atoms. The van der Waals surface area contributed by atoms with E-state index in [-0.39, 0.29) is 5.41 Å². The zero-order valence-corrected chi connectivity index (χ0v) is 12.2. The molecule has 1 fully saturated rings. The van der Waals surface area contributed by atoms with Gasteiger partial charge in [-0.25, -0.2) is 4.98 Å². The average Bonchev–Trinajstić information content (AvgIpc) is 2.41. The van der Waals surface area contributed by atoms with Crippen LogP contribution in [0.15, 0.2) is 12.3 Å². The number of methoxy groups -OCH3 is 1. The van der Waals surface area contributed by atoms with E-state index < -0.39 is 0 Å². The fourth-order valence-electron chi connectivity index (χ4n) is 2.47. The van der Waals surface area contributed by atoms with Crippen LogP contribution in [0.1, 0.15) is 33.6 Å². The molecule has 106 valence electrons. The Morgan fingerprint density at radius 2 is 2.26 bits per heavy atom. The van der Waals surface area contributed by atoms with Crippen LogP contribution in [0.3, 0.4) is 0 Å². The summed E-state index contributed by atoms with van der Waals surface area (Å²) >= 11 is 0. The molecule has 1 saturated carbocycles. The Kier molecular flexibility index (Phi) is 4.24. The molecule has 1 aromatic heterocycles. The zero-order valence-electron chi connectivity index (χ0n) is 12.2. The van der Waals surface area contributed by atoms with Crippen LogP contribution in [0.2, 0.25) is 0 Å². The first-order valence-electron chi connectivity index (χ1n) is 6.94. The molecule has 1 aliphatic carbocycles. The number of hydrogen-bond acceptors (Lipinski definition) is 5. The SMILES string of the molecule is CCCNc1nccc(NC2CC(OC)C2(C)C)n1. The van der Waals surface area contributed by atoms with Crippen molar-refractivity contribution in [2.45, 2.75) is 45.8 Å². The van der Waals surface area contributed by atoms with E-state index in [1.54, 1.807) is 13.3 Å². The highest BCUT2D eigenvalue weighted by Gasteiger charge is 2.48. The van der Waals surface area contributed by atoms with Crippen molar-refractivity contribution in [3.8, 4) is 0 Å². The molecule has 1 aliphatic rings. The lowest BCUT2D eigenvalue weighted by molar-refractivity contribution is -0.0795. The summed E-state index contributed by atoms with van der Waals surface area (Å²) in [6, 6.07) is 2.30.